The zero-order valence-electron chi connectivity index (χ0n) is 9.90. The zero-order valence-corrected chi connectivity index (χ0v) is 9.90. The van der Waals surface area contributed by atoms with Crippen LogP contribution in [0.4, 0.5) is 0 Å². The number of rotatable bonds is 4. The van der Waals surface area contributed by atoms with E-state index in [0.29, 0.717) is 18.8 Å². The first-order valence-electron chi connectivity index (χ1n) is 5.60. The van der Waals surface area contributed by atoms with E-state index in [4.69, 9.17) is 9.84 Å². The van der Waals surface area contributed by atoms with E-state index in [2.05, 4.69) is 5.32 Å². The zero-order chi connectivity index (χ0) is 12.3. The molecule has 1 heterocycles. The van der Waals surface area contributed by atoms with Crippen molar-refractivity contribution in [2.75, 3.05) is 0 Å². The molecule has 16 heavy (non-hydrogen) atoms. The van der Waals surface area contributed by atoms with Crippen molar-refractivity contribution in [3.8, 4) is 0 Å². The summed E-state index contributed by atoms with van der Waals surface area (Å²) in [5, 5.41) is 11.6. The van der Waals surface area contributed by atoms with Gasteiger partial charge in [0.2, 0.25) is 5.91 Å². The van der Waals surface area contributed by atoms with Gasteiger partial charge in [0.25, 0.3) is 0 Å². The number of ether oxygens (including phenoxy) is 1. The Morgan fingerprint density at radius 2 is 1.81 bits per heavy atom. The van der Waals surface area contributed by atoms with Crippen LogP contribution in [-0.4, -0.2) is 35.2 Å². The highest BCUT2D eigenvalue weighted by Crippen LogP contribution is 2.20. The lowest BCUT2D eigenvalue weighted by molar-refractivity contribution is -0.151. The molecule has 5 nitrogen and oxygen atoms in total. The van der Waals surface area contributed by atoms with Crippen molar-refractivity contribution in [1.82, 2.24) is 5.32 Å². The summed E-state index contributed by atoms with van der Waals surface area (Å²) >= 11 is 0. The van der Waals surface area contributed by atoms with Crippen LogP contribution in [0.15, 0.2) is 0 Å². The van der Waals surface area contributed by atoms with Gasteiger partial charge in [-0.05, 0) is 25.7 Å². The maximum atomic E-state index is 11.7. The van der Waals surface area contributed by atoms with E-state index in [0.717, 1.165) is 0 Å². The van der Waals surface area contributed by atoms with E-state index in [-0.39, 0.29) is 11.9 Å². The lowest BCUT2D eigenvalue weighted by Gasteiger charge is -2.19. The molecule has 0 aliphatic carbocycles. The molecule has 0 saturated carbocycles. The summed E-state index contributed by atoms with van der Waals surface area (Å²) in [4.78, 5) is 22.3. The van der Waals surface area contributed by atoms with Gasteiger partial charge in [-0.3, -0.25) is 4.79 Å². The predicted molar refractivity (Wildman–Crippen MR) is 58.0 cm³/mol. The molecule has 0 spiro atoms. The summed E-state index contributed by atoms with van der Waals surface area (Å²) in [6, 6.07) is 0.0694. The van der Waals surface area contributed by atoms with Crippen molar-refractivity contribution in [3.63, 3.8) is 0 Å². The lowest BCUT2D eigenvalue weighted by atomic mass is 10.1. The van der Waals surface area contributed by atoms with Gasteiger partial charge in [-0.25, -0.2) is 4.79 Å². The standard InChI is InChI=1S/C11H19NO4/c1-6(2)7(3)12-10(13)8-4-5-9(16-8)11(14)15/h6-9H,4-5H2,1-3H3,(H,12,13)(H,14,15). The highest BCUT2D eigenvalue weighted by molar-refractivity contribution is 5.82. The number of hydrogen-bond acceptors (Lipinski definition) is 3. The van der Waals surface area contributed by atoms with Crippen LogP contribution in [0.2, 0.25) is 0 Å². The van der Waals surface area contributed by atoms with Gasteiger partial charge in [-0.15, -0.1) is 0 Å². The van der Waals surface area contributed by atoms with E-state index in [1.54, 1.807) is 0 Å². The van der Waals surface area contributed by atoms with Gasteiger partial charge in [0.1, 0.15) is 6.10 Å². The Bertz CT molecular complexity index is 277. The largest absolute Gasteiger partial charge is 0.479 e. The first kappa shape index (κ1) is 13.0. The Kier molecular flexibility index (Phi) is 4.29. The maximum absolute atomic E-state index is 11.7. The van der Waals surface area contributed by atoms with Gasteiger partial charge in [-0.2, -0.15) is 0 Å². The van der Waals surface area contributed by atoms with E-state index < -0.39 is 18.2 Å². The van der Waals surface area contributed by atoms with Crippen LogP contribution >= 0.6 is 0 Å². The smallest absolute Gasteiger partial charge is 0.332 e. The molecule has 2 N–H and O–H groups in total. The van der Waals surface area contributed by atoms with Crippen molar-refractivity contribution in [3.05, 3.63) is 0 Å². The number of carboxylic acids is 1. The Balaban J connectivity index is 2.42. The number of carbonyl (C=O) groups excluding carboxylic acids is 1. The molecule has 3 atom stereocenters. The molecule has 1 saturated heterocycles. The van der Waals surface area contributed by atoms with Crippen LogP contribution in [0.25, 0.3) is 0 Å². The summed E-state index contributed by atoms with van der Waals surface area (Å²) < 4.78 is 5.15. The Morgan fingerprint density at radius 1 is 1.25 bits per heavy atom. The lowest BCUT2D eigenvalue weighted by Crippen LogP contribution is -2.42. The summed E-state index contributed by atoms with van der Waals surface area (Å²) in [6.07, 6.45) is -0.552. The molecule has 5 heteroatoms. The monoisotopic (exact) mass is 229 g/mol. The first-order valence-corrected chi connectivity index (χ1v) is 5.60. The minimum Gasteiger partial charge on any atom is -0.479 e. The molecular formula is C11H19NO4. The van der Waals surface area contributed by atoms with Gasteiger partial charge in [-0.1, -0.05) is 13.8 Å². The minimum absolute atomic E-state index is 0.0694. The second kappa shape index (κ2) is 5.30. The molecule has 0 radical (unpaired) electrons. The number of carbonyl (C=O) groups is 2. The third-order valence-electron chi connectivity index (χ3n) is 2.96. The molecule has 1 fully saturated rings. The van der Waals surface area contributed by atoms with Crippen LogP contribution in [0, 0.1) is 5.92 Å². The maximum Gasteiger partial charge on any atom is 0.332 e. The van der Waals surface area contributed by atoms with E-state index >= 15 is 0 Å². The second-order valence-corrected chi connectivity index (χ2v) is 4.57. The van der Waals surface area contributed by atoms with Crippen LogP contribution in [0.1, 0.15) is 33.6 Å². The number of nitrogens with one attached hydrogen (secondary N) is 1. The SMILES string of the molecule is CC(C)C(C)NC(=O)C1CCC(C(=O)O)O1. The van der Waals surface area contributed by atoms with Crippen LogP contribution in [0.3, 0.4) is 0 Å². The molecule has 1 amide bonds. The third kappa shape index (κ3) is 3.20. The molecule has 3 unspecified atom stereocenters. The molecule has 1 aliphatic heterocycles. The normalized spacial score (nSPS) is 26.8. The molecule has 0 aromatic carbocycles. The topological polar surface area (TPSA) is 75.6 Å². The van der Waals surface area contributed by atoms with Crippen molar-refractivity contribution in [1.29, 1.82) is 0 Å². The molecule has 0 bridgehead atoms. The van der Waals surface area contributed by atoms with Crippen molar-refractivity contribution < 1.29 is 19.4 Å². The van der Waals surface area contributed by atoms with Gasteiger partial charge < -0.3 is 15.2 Å². The van der Waals surface area contributed by atoms with E-state index in [1.165, 1.54) is 0 Å². The number of hydrogen-bond donors (Lipinski definition) is 2. The Morgan fingerprint density at radius 3 is 2.25 bits per heavy atom. The average molecular weight is 229 g/mol. The second-order valence-electron chi connectivity index (χ2n) is 4.57. The highest BCUT2D eigenvalue weighted by atomic mass is 16.5. The quantitative estimate of drug-likeness (QED) is 0.747. The van der Waals surface area contributed by atoms with Crippen molar-refractivity contribution >= 4 is 11.9 Å². The fourth-order valence-corrected chi connectivity index (χ4v) is 1.50. The van der Waals surface area contributed by atoms with Gasteiger partial charge in [0.15, 0.2) is 6.10 Å². The number of amides is 1. The molecule has 1 rings (SSSR count). The average Bonchev–Trinajstić information content (AvgIpc) is 2.65. The van der Waals surface area contributed by atoms with Crippen LogP contribution in [-0.2, 0) is 14.3 Å². The summed E-state index contributed by atoms with van der Waals surface area (Å²) in [7, 11) is 0. The minimum atomic E-state index is -0.993. The molecule has 0 aromatic rings. The number of carboxylic acid groups (broad SMARTS) is 1. The number of aliphatic carboxylic acids is 1. The van der Waals surface area contributed by atoms with Gasteiger partial charge in [0.05, 0.1) is 0 Å². The van der Waals surface area contributed by atoms with Crippen molar-refractivity contribution in [2.45, 2.75) is 51.9 Å². The van der Waals surface area contributed by atoms with Gasteiger partial charge in [0, 0.05) is 6.04 Å². The van der Waals surface area contributed by atoms with E-state index in [9.17, 15) is 9.59 Å². The first-order chi connectivity index (χ1) is 7.41. The van der Waals surface area contributed by atoms with Gasteiger partial charge >= 0.3 is 5.97 Å². The molecule has 0 aromatic heterocycles. The molecule has 92 valence electrons. The van der Waals surface area contributed by atoms with Crippen LogP contribution in [0.5, 0.6) is 0 Å². The third-order valence-corrected chi connectivity index (χ3v) is 2.96. The fourth-order valence-electron chi connectivity index (χ4n) is 1.50. The summed E-state index contributed by atoms with van der Waals surface area (Å²) in [6.45, 7) is 5.95. The Labute approximate surface area is 95.2 Å². The predicted octanol–water partition coefficient (Wildman–Crippen LogP) is 0.779. The molecule has 1 aliphatic rings. The van der Waals surface area contributed by atoms with Crippen molar-refractivity contribution in [2.24, 2.45) is 5.92 Å². The molecular weight excluding hydrogens is 210 g/mol. The van der Waals surface area contributed by atoms with E-state index in [1.807, 2.05) is 20.8 Å². The fraction of sp³-hybridized carbons (Fsp3) is 0.818. The summed E-state index contributed by atoms with van der Waals surface area (Å²) in [5.74, 6) is -0.849. The highest BCUT2D eigenvalue weighted by Gasteiger charge is 2.35. The summed E-state index contributed by atoms with van der Waals surface area (Å²) in [5.41, 5.74) is 0. The Hall–Kier alpha value is -1.10. The van der Waals surface area contributed by atoms with Crippen LogP contribution < -0.4 is 5.32 Å².